The smallest absolute Gasteiger partial charge is 0.127 e. The molecular formula is C11H16FNO. The molecule has 1 aromatic carbocycles. The molecule has 0 bridgehead atoms. The van der Waals surface area contributed by atoms with Gasteiger partial charge < -0.3 is 10.4 Å². The lowest BCUT2D eigenvalue weighted by atomic mass is 10.1. The van der Waals surface area contributed by atoms with E-state index in [1.165, 1.54) is 6.07 Å². The van der Waals surface area contributed by atoms with E-state index < -0.39 is 0 Å². The molecule has 0 atom stereocenters. The van der Waals surface area contributed by atoms with Crippen LogP contribution < -0.4 is 5.32 Å². The molecule has 0 spiro atoms. The summed E-state index contributed by atoms with van der Waals surface area (Å²) >= 11 is 0. The van der Waals surface area contributed by atoms with E-state index in [0.717, 1.165) is 0 Å². The topological polar surface area (TPSA) is 32.3 Å². The van der Waals surface area contributed by atoms with Crippen molar-refractivity contribution in [2.24, 2.45) is 0 Å². The Balaban J connectivity index is 2.58. The van der Waals surface area contributed by atoms with Crippen molar-refractivity contribution in [2.45, 2.75) is 25.9 Å². The summed E-state index contributed by atoms with van der Waals surface area (Å²) in [6.07, 6.45) is 0. The molecule has 0 aliphatic rings. The van der Waals surface area contributed by atoms with Gasteiger partial charge in [0, 0.05) is 17.6 Å². The van der Waals surface area contributed by atoms with Crippen molar-refractivity contribution in [1.82, 2.24) is 5.32 Å². The predicted octanol–water partition coefficient (Wildman–Crippen LogP) is 1.69. The summed E-state index contributed by atoms with van der Waals surface area (Å²) in [5.74, 6) is -0.214. The summed E-state index contributed by atoms with van der Waals surface area (Å²) in [6.45, 7) is 4.20. The van der Waals surface area contributed by atoms with Gasteiger partial charge in [-0.25, -0.2) is 4.39 Å². The molecule has 2 nitrogen and oxygen atoms in total. The molecule has 0 aliphatic carbocycles. The van der Waals surface area contributed by atoms with Crippen molar-refractivity contribution >= 4 is 0 Å². The predicted molar refractivity (Wildman–Crippen MR) is 54.4 cm³/mol. The first-order valence-corrected chi connectivity index (χ1v) is 4.64. The van der Waals surface area contributed by atoms with Crippen LogP contribution in [0.25, 0.3) is 0 Å². The molecule has 0 radical (unpaired) electrons. The van der Waals surface area contributed by atoms with Gasteiger partial charge in [0.25, 0.3) is 0 Å². The van der Waals surface area contributed by atoms with Crippen LogP contribution in [0.15, 0.2) is 24.3 Å². The largest absolute Gasteiger partial charge is 0.394 e. The van der Waals surface area contributed by atoms with E-state index in [2.05, 4.69) is 5.32 Å². The van der Waals surface area contributed by atoms with Crippen LogP contribution in [0.4, 0.5) is 4.39 Å². The quantitative estimate of drug-likeness (QED) is 0.769. The lowest BCUT2D eigenvalue weighted by molar-refractivity contribution is 0.187. The zero-order valence-electron chi connectivity index (χ0n) is 8.55. The maximum atomic E-state index is 13.2. The number of hydrogen-bond acceptors (Lipinski definition) is 2. The maximum absolute atomic E-state index is 13.2. The normalized spacial score (nSPS) is 11.7. The van der Waals surface area contributed by atoms with Gasteiger partial charge in [0.05, 0.1) is 6.61 Å². The van der Waals surface area contributed by atoms with Crippen LogP contribution in [-0.4, -0.2) is 17.3 Å². The summed E-state index contributed by atoms with van der Waals surface area (Å²) in [7, 11) is 0. The molecule has 0 aliphatic heterocycles. The lowest BCUT2D eigenvalue weighted by Gasteiger charge is -2.23. The SMILES string of the molecule is CC(C)(CO)NCc1ccccc1F. The Morgan fingerprint density at radius 3 is 2.57 bits per heavy atom. The molecule has 1 aromatic rings. The fourth-order valence-electron chi connectivity index (χ4n) is 1.03. The average molecular weight is 197 g/mol. The first-order valence-electron chi connectivity index (χ1n) is 4.64. The fraction of sp³-hybridized carbons (Fsp3) is 0.455. The monoisotopic (exact) mass is 197 g/mol. The number of halogens is 1. The Bertz CT molecular complexity index is 299. The summed E-state index contributed by atoms with van der Waals surface area (Å²) in [5.41, 5.74) is 0.247. The lowest BCUT2D eigenvalue weighted by Crippen LogP contribution is -2.42. The number of hydrogen-bond donors (Lipinski definition) is 2. The minimum atomic E-state index is -0.373. The van der Waals surface area contributed by atoms with Gasteiger partial charge in [-0.2, -0.15) is 0 Å². The summed E-state index contributed by atoms with van der Waals surface area (Å²) in [5, 5.41) is 12.1. The van der Waals surface area contributed by atoms with Crippen LogP contribution >= 0.6 is 0 Å². The zero-order chi connectivity index (χ0) is 10.6. The average Bonchev–Trinajstić information content (AvgIpc) is 2.17. The van der Waals surface area contributed by atoms with Gasteiger partial charge >= 0.3 is 0 Å². The van der Waals surface area contributed by atoms with Crippen LogP contribution in [0.2, 0.25) is 0 Å². The van der Waals surface area contributed by atoms with Gasteiger partial charge in [0.2, 0.25) is 0 Å². The van der Waals surface area contributed by atoms with E-state index in [1.807, 2.05) is 13.8 Å². The molecule has 2 N–H and O–H groups in total. The van der Waals surface area contributed by atoms with Crippen molar-refractivity contribution in [2.75, 3.05) is 6.61 Å². The second kappa shape index (κ2) is 4.53. The van der Waals surface area contributed by atoms with Crippen LogP contribution in [0, 0.1) is 5.82 Å². The minimum absolute atomic E-state index is 0.0292. The molecule has 0 aromatic heterocycles. The van der Waals surface area contributed by atoms with Gasteiger partial charge in [-0.15, -0.1) is 0 Å². The zero-order valence-corrected chi connectivity index (χ0v) is 8.55. The van der Waals surface area contributed by atoms with E-state index in [9.17, 15) is 4.39 Å². The molecular weight excluding hydrogens is 181 g/mol. The Morgan fingerprint density at radius 1 is 1.36 bits per heavy atom. The third kappa shape index (κ3) is 3.09. The van der Waals surface area contributed by atoms with Gasteiger partial charge in [0.15, 0.2) is 0 Å². The Kier molecular flexibility index (Phi) is 3.61. The van der Waals surface area contributed by atoms with E-state index >= 15 is 0 Å². The van der Waals surface area contributed by atoms with Gasteiger partial charge in [0.1, 0.15) is 5.82 Å². The van der Waals surface area contributed by atoms with E-state index in [-0.39, 0.29) is 18.0 Å². The second-order valence-corrected chi connectivity index (χ2v) is 3.99. The Labute approximate surface area is 83.8 Å². The minimum Gasteiger partial charge on any atom is -0.394 e. The summed E-state index contributed by atoms with van der Waals surface area (Å²) in [4.78, 5) is 0. The molecule has 0 amide bonds. The van der Waals surface area contributed by atoms with Crippen LogP contribution in [0.3, 0.4) is 0 Å². The van der Waals surface area contributed by atoms with Crippen molar-refractivity contribution in [3.63, 3.8) is 0 Å². The van der Waals surface area contributed by atoms with E-state index in [4.69, 9.17) is 5.11 Å². The second-order valence-electron chi connectivity index (χ2n) is 3.99. The molecule has 0 saturated carbocycles. The highest BCUT2D eigenvalue weighted by molar-refractivity contribution is 5.17. The number of nitrogens with one attached hydrogen (secondary N) is 1. The van der Waals surface area contributed by atoms with Gasteiger partial charge in [-0.05, 0) is 19.9 Å². The van der Waals surface area contributed by atoms with E-state index in [1.54, 1.807) is 18.2 Å². The molecule has 0 saturated heterocycles. The third-order valence-electron chi connectivity index (χ3n) is 2.11. The first-order chi connectivity index (χ1) is 6.55. The first kappa shape index (κ1) is 11.1. The van der Waals surface area contributed by atoms with Crippen molar-refractivity contribution in [3.8, 4) is 0 Å². The van der Waals surface area contributed by atoms with E-state index in [0.29, 0.717) is 12.1 Å². The van der Waals surface area contributed by atoms with Crippen LogP contribution in [0.5, 0.6) is 0 Å². The summed E-state index contributed by atoms with van der Waals surface area (Å²) in [6, 6.07) is 6.63. The molecule has 3 heteroatoms. The highest BCUT2D eigenvalue weighted by atomic mass is 19.1. The number of benzene rings is 1. The number of aliphatic hydroxyl groups is 1. The van der Waals surface area contributed by atoms with Gasteiger partial charge in [-0.3, -0.25) is 0 Å². The molecule has 0 heterocycles. The van der Waals surface area contributed by atoms with Gasteiger partial charge in [-0.1, -0.05) is 18.2 Å². The molecule has 78 valence electrons. The van der Waals surface area contributed by atoms with Crippen LogP contribution in [-0.2, 0) is 6.54 Å². The molecule has 1 rings (SSSR count). The van der Waals surface area contributed by atoms with Crippen molar-refractivity contribution in [1.29, 1.82) is 0 Å². The maximum Gasteiger partial charge on any atom is 0.127 e. The van der Waals surface area contributed by atoms with Crippen molar-refractivity contribution < 1.29 is 9.50 Å². The standard InChI is InChI=1S/C11H16FNO/c1-11(2,8-14)13-7-9-5-3-4-6-10(9)12/h3-6,13-14H,7-8H2,1-2H3. The fourth-order valence-corrected chi connectivity index (χ4v) is 1.03. The van der Waals surface area contributed by atoms with Crippen molar-refractivity contribution in [3.05, 3.63) is 35.6 Å². The number of aliphatic hydroxyl groups excluding tert-OH is 1. The summed E-state index contributed by atoms with van der Waals surface area (Å²) < 4.78 is 13.2. The molecule has 0 fully saturated rings. The number of rotatable bonds is 4. The Hall–Kier alpha value is -0.930. The highest BCUT2D eigenvalue weighted by Crippen LogP contribution is 2.08. The van der Waals surface area contributed by atoms with Crippen LogP contribution in [0.1, 0.15) is 19.4 Å². The highest BCUT2D eigenvalue weighted by Gasteiger charge is 2.15. The molecule has 0 unspecified atom stereocenters. The Morgan fingerprint density at radius 2 is 2.00 bits per heavy atom. The third-order valence-corrected chi connectivity index (χ3v) is 2.11. The molecule has 14 heavy (non-hydrogen) atoms.